The van der Waals surface area contributed by atoms with Gasteiger partial charge in [-0.05, 0) is 42.9 Å². The smallest absolute Gasteiger partial charge is 0.129 e. The summed E-state index contributed by atoms with van der Waals surface area (Å²) in [5.74, 6) is 0. The molecule has 0 spiro atoms. The van der Waals surface area contributed by atoms with E-state index in [-0.39, 0.29) is 0 Å². The molecule has 0 radical (unpaired) electrons. The van der Waals surface area contributed by atoms with Gasteiger partial charge in [0.1, 0.15) is 5.15 Å². The highest BCUT2D eigenvalue weighted by Gasteiger charge is 2.07. The van der Waals surface area contributed by atoms with E-state index in [9.17, 15) is 0 Å². The van der Waals surface area contributed by atoms with Crippen LogP contribution in [0.15, 0.2) is 12.3 Å². The number of aryl methyl sites for hydroxylation is 2. The Morgan fingerprint density at radius 1 is 1.08 bits per heavy atom. The first-order valence-electron chi connectivity index (χ1n) is 4.49. The van der Waals surface area contributed by atoms with Crippen LogP contribution in [0, 0.1) is 0 Å². The van der Waals surface area contributed by atoms with E-state index in [2.05, 4.69) is 4.98 Å². The number of rotatable bonds is 0. The molecule has 0 aliphatic heterocycles. The quantitative estimate of drug-likeness (QED) is 0.443. The highest BCUT2D eigenvalue weighted by Crippen LogP contribution is 2.21. The summed E-state index contributed by atoms with van der Waals surface area (Å²) >= 11 is 5.82. The molecular weight excluding hydrogens is 170 g/mol. The van der Waals surface area contributed by atoms with Crippen molar-refractivity contribution in [3.63, 3.8) is 0 Å². The maximum atomic E-state index is 5.82. The maximum Gasteiger partial charge on any atom is 0.129 e. The summed E-state index contributed by atoms with van der Waals surface area (Å²) in [6.45, 7) is 0. The zero-order valence-corrected chi connectivity index (χ0v) is 7.77. The first-order chi connectivity index (χ1) is 5.86. The number of aromatic nitrogens is 1. The van der Waals surface area contributed by atoms with Crippen molar-refractivity contribution in [1.29, 1.82) is 0 Å². The third-order valence-corrected chi connectivity index (χ3v) is 2.65. The van der Waals surface area contributed by atoms with E-state index in [0.29, 0.717) is 5.15 Å². The zero-order valence-electron chi connectivity index (χ0n) is 7.02. The number of hydrogen-bond donors (Lipinski definition) is 0. The molecule has 0 amide bonds. The molecule has 64 valence electrons. The van der Waals surface area contributed by atoms with Crippen LogP contribution in [0.1, 0.15) is 30.4 Å². The van der Waals surface area contributed by atoms with Gasteiger partial charge in [-0.3, -0.25) is 0 Å². The van der Waals surface area contributed by atoms with Crippen LogP contribution in [0.3, 0.4) is 0 Å². The summed E-state index contributed by atoms with van der Waals surface area (Å²) in [4.78, 5) is 4.10. The average Bonchev–Trinajstić information content (AvgIpc) is 2.28. The molecular formula is C10H12ClN. The van der Waals surface area contributed by atoms with E-state index < -0.39 is 0 Å². The van der Waals surface area contributed by atoms with Gasteiger partial charge in [0, 0.05) is 6.20 Å². The van der Waals surface area contributed by atoms with Crippen LogP contribution < -0.4 is 0 Å². The van der Waals surface area contributed by atoms with Gasteiger partial charge in [-0.25, -0.2) is 4.98 Å². The standard InChI is InChI=1S/C10H12ClN/c11-10-6-8-4-2-1-3-5-9(8)7-12-10/h6-7H,1-5H2. The van der Waals surface area contributed by atoms with E-state index in [0.717, 1.165) is 0 Å². The Labute approximate surface area is 77.8 Å². The summed E-state index contributed by atoms with van der Waals surface area (Å²) in [7, 11) is 0. The molecule has 1 heterocycles. The van der Waals surface area contributed by atoms with Gasteiger partial charge in [-0.1, -0.05) is 18.0 Å². The first-order valence-corrected chi connectivity index (χ1v) is 4.87. The van der Waals surface area contributed by atoms with Crippen molar-refractivity contribution >= 4 is 11.6 Å². The van der Waals surface area contributed by atoms with E-state index in [1.807, 2.05) is 12.3 Å². The lowest BCUT2D eigenvalue weighted by atomic mass is 10.1. The molecule has 2 heteroatoms. The SMILES string of the molecule is Clc1cc2c(cn1)CCCCC2. The molecule has 0 saturated carbocycles. The lowest BCUT2D eigenvalue weighted by Gasteiger charge is -2.03. The number of fused-ring (bicyclic) bond motifs is 1. The number of pyridine rings is 1. The lowest BCUT2D eigenvalue weighted by molar-refractivity contribution is 0.711. The van der Waals surface area contributed by atoms with Crippen LogP contribution in [0.25, 0.3) is 0 Å². The minimum atomic E-state index is 0.635. The Morgan fingerprint density at radius 3 is 2.67 bits per heavy atom. The van der Waals surface area contributed by atoms with E-state index >= 15 is 0 Å². The average molecular weight is 182 g/mol. The minimum Gasteiger partial charge on any atom is -0.244 e. The number of nitrogens with zero attached hydrogens (tertiary/aromatic N) is 1. The second-order valence-corrected chi connectivity index (χ2v) is 3.72. The summed E-state index contributed by atoms with van der Waals surface area (Å²) < 4.78 is 0. The van der Waals surface area contributed by atoms with Gasteiger partial charge < -0.3 is 0 Å². The van der Waals surface area contributed by atoms with Crippen LogP contribution in [-0.4, -0.2) is 4.98 Å². The monoisotopic (exact) mass is 181 g/mol. The van der Waals surface area contributed by atoms with E-state index in [1.165, 1.54) is 43.2 Å². The van der Waals surface area contributed by atoms with Gasteiger partial charge in [0.15, 0.2) is 0 Å². The molecule has 0 atom stereocenters. The van der Waals surface area contributed by atoms with Crippen molar-refractivity contribution in [3.05, 3.63) is 28.5 Å². The summed E-state index contributed by atoms with van der Waals surface area (Å²) in [5, 5.41) is 0.635. The van der Waals surface area contributed by atoms with Crippen LogP contribution in [-0.2, 0) is 12.8 Å². The van der Waals surface area contributed by atoms with Gasteiger partial charge in [-0.2, -0.15) is 0 Å². The van der Waals surface area contributed by atoms with E-state index in [4.69, 9.17) is 11.6 Å². The van der Waals surface area contributed by atoms with Crippen molar-refractivity contribution in [1.82, 2.24) is 4.98 Å². The molecule has 0 N–H and O–H groups in total. The van der Waals surface area contributed by atoms with Gasteiger partial charge in [0.05, 0.1) is 0 Å². The highest BCUT2D eigenvalue weighted by atomic mass is 35.5. The third kappa shape index (κ3) is 1.61. The highest BCUT2D eigenvalue weighted by molar-refractivity contribution is 6.29. The summed E-state index contributed by atoms with van der Waals surface area (Å²) in [5.41, 5.74) is 2.81. The normalized spacial score (nSPS) is 16.8. The molecule has 1 aliphatic carbocycles. The molecule has 2 rings (SSSR count). The largest absolute Gasteiger partial charge is 0.244 e. The molecule has 1 aromatic heterocycles. The van der Waals surface area contributed by atoms with Crippen molar-refractivity contribution in [3.8, 4) is 0 Å². The molecule has 1 aliphatic rings. The zero-order chi connectivity index (χ0) is 8.39. The Kier molecular flexibility index (Phi) is 2.31. The Bertz CT molecular complexity index is 283. The summed E-state index contributed by atoms with van der Waals surface area (Å²) in [6.07, 6.45) is 8.23. The van der Waals surface area contributed by atoms with Crippen LogP contribution >= 0.6 is 11.6 Å². The Morgan fingerprint density at radius 2 is 1.83 bits per heavy atom. The lowest BCUT2D eigenvalue weighted by Crippen LogP contribution is -1.92. The van der Waals surface area contributed by atoms with Gasteiger partial charge >= 0.3 is 0 Å². The number of hydrogen-bond acceptors (Lipinski definition) is 1. The van der Waals surface area contributed by atoms with Gasteiger partial charge in [0.25, 0.3) is 0 Å². The molecule has 0 unspecified atom stereocenters. The maximum absolute atomic E-state index is 5.82. The van der Waals surface area contributed by atoms with Crippen molar-refractivity contribution < 1.29 is 0 Å². The molecule has 1 nitrogen and oxygen atoms in total. The van der Waals surface area contributed by atoms with E-state index in [1.54, 1.807) is 0 Å². The second kappa shape index (κ2) is 3.44. The van der Waals surface area contributed by atoms with Crippen molar-refractivity contribution in [2.75, 3.05) is 0 Å². The predicted molar refractivity (Wildman–Crippen MR) is 50.5 cm³/mol. The molecule has 0 fully saturated rings. The van der Waals surface area contributed by atoms with Crippen molar-refractivity contribution in [2.24, 2.45) is 0 Å². The molecule has 0 aromatic carbocycles. The van der Waals surface area contributed by atoms with Gasteiger partial charge in [0.2, 0.25) is 0 Å². The fourth-order valence-electron chi connectivity index (χ4n) is 1.76. The Balaban J connectivity index is 2.36. The molecule has 0 bridgehead atoms. The van der Waals surface area contributed by atoms with Crippen LogP contribution in [0.2, 0.25) is 5.15 Å². The van der Waals surface area contributed by atoms with Crippen LogP contribution in [0.5, 0.6) is 0 Å². The predicted octanol–water partition coefficient (Wildman–Crippen LogP) is 3.00. The first kappa shape index (κ1) is 8.06. The topological polar surface area (TPSA) is 12.9 Å². The van der Waals surface area contributed by atoms with Gasteiger partial charge in [-0.15, -0.1) is 0 Å². The minimum absolute atomic E-state index is 0.635. The molecule has 1 aromatic rings. The number of halogens is 1. The van der Waals surface area contributed by atoms with Crippen molar-refractivity contribution in [2.45, 2.75) is 32.1 Å². The summed E-state index contributed by atoms with van der Waals surface area (Å²) in [6, 6.07) is 2.02. The van der Waals surface area contributed by atoms with Crippen LogP contribution in [0.4, 0.5) is 0 Å². The molecule has 0 saturated heterocycles. The fraction of sp³-hybridized carbons (Fsp3) is 0.500. The molecule has 12 heavy (non-hydrogen) atoms. The second-order valence-electron chi connectivity index (χ2n) is 3.34. The fourth-order valence-corrected chi connectivity index (χ4v) is 1.94. The Hall–Kier alpha value is -0.560. The third-order valence-electron chi connectivity index (χ3n) is 2.44.